The van der Waals surface area contributed by atoms with E-state index in [1.165, 1.54) is 27.6 Å². The van der Waals surface area contributed by atoms with Crippen molar-refractivity contribution >= 4 is 32.5 Å². The van der Waals surface area contributed by atoms with Gasteiger partial charge in [-0.25, -0.2) is 4.98 Å². The monoisotopic (exact) mass is 408 g/mol. The summed E-state index contributed by atoms with van der Waals surface area (Å²) in [6.45, 7) is 2.19. The average Bonchev–Trinajstić information content (AvgIpc) is 3.37. The molecule has 26 heavy (non-hydrogen) atoms. The van der Waals surface area contributed by atoms with E-state index in [1.807, 2.05) is 6.07 Å². The van der Waals surface area contributed by atoms with E-state index in [0.717, 1.165) is 35.1 Å². The van der Waals surface area contributed by atoms with Crippen molar-refractivity contribution in [1.29, 1.82) is 0 Å². The lowest BCUT2D eigenvalue weighted by Gasteiger charge is -2.16. The first-order valence-electron chi connectivity index (χ1n) is 8.62. The summed E-state index contributed by atoms with van der Waals surface area (Å²) in [6.07, 6.45) is 5.32. The van der Waals surface area contributed by atoms with Crippen LogP contribution >= 0.6 is 15.9 Å². The smallest absolute Gasteiger partial charge is 0.181 e. The van der Waals surface area contributed by atoms with E-state index >= 15 is 0 Å². The van der Waals surface area contributed by atoms with Gasteiger partial charge in [-0.05, 0) is 60.7 Å². The lowest BCUT2D eigenvalue weighted by atomic mass is 10.0. The maximum atomic E-state index is 5.41. The largest absolute Gasteiger partial charge is 0.442 e. The third-order valence-corrected chi connectivity index (χ3v) is 6.06. The van der Waals surface area contributed by atoms with Crippen molar-refractivity contribution in [3.63, 3.8) is 0 Å². The zero-order valence-corrected chi connectivity index (χ0v) is 15.8. The van der Waals surface area contributed by atoms with Gasteiger partial charge in [-0.1, -0.05) is 22.0 Å². The van der Waals surface area contributed by atoms with Crippen LogP contribution in [0.15, 0.2) is 51.8 Å². The molecule has 1 aliphatic rings. The molecule has 2 heterocycles. The Bertz CT molecular complexity index is 1100. The van der Waals surface area contributed by atoms with Crippen LogP contribution in [-0.2, 0) is 6.42 Å². The molecule has 0 radical (unpaired) electrons. The molecule has 0 saturated carbocycles. The number of halogens is 1. The van der Waals surface area contributed by atoms with Crippen molar-refractivity contribution in [3.8, 4) is 11.5 Å². The van der Waals surface area contributed by atoms with Gasteiger partial charge in [0.15, 0.2) is 12.2 Å². The lowest BCUT2D eigenvalue weighted by Crippen LogP contribution is -2.07. The van der Waals surface area contributed by atoms with Gasteiger partial charge in [0.2, 0.25) is 0 Å². The van der Waals surface area contributed by atoms with Crippen LogP contribution in [-0.4, -0.2) is 15.2 Å². The molecule has 0 spiro atoms. The second kappa shape index (κ2) is 5.99. The minimum Gasteiger partial charge on any atom is -0.442 e. The quantitative estimate of drug-likeness (QED) is 0.476. The Balaban J connectivity index is 1.50. The number of rotatable bonds is 3. The van der Waals surface area contributed by atoms with E-state index in [2.05, 4.69) is 67.6 Å². The number of H-pyrrole nitrogens is 1. The molecule has 130 valence electrons. The fraction of sp³-hybridized carbons (Fsp3) is 0.200. The van der Waals surface area contributed by atoms with Gasteiger partial charge in [-0.2, -0.15) is 5.10 Å². The summed E-state index contributed by atoms with van der Waals surface area (Å²) in [7, 11) is 0. The summed E-state index contributed by atoms with van der Waals surface area (Å²) < 4.78 is 6.60. The Hall–Kier alpha value is -2.60. The molecular weight excluding hydrogens is 392 g/mol. The highest BCUT2D eigenvalue weighted by molar-refractivity contribution is 9.10. The Labute approximate surface area is 159 Å². The molecule has 5 nitrogen and oxygen atoms in total. The third kappa shape index (κ3) is 2.44. The van der Waals surface area contributed by atoms with Crippen LogP contribution in [0, 0.1) is 6.92 Å². The zero-order chi connectivity index (χ0) is 17.7. The fourth-order valence-electron chi connectivity index (χ4n) is 3.83. The molecule has 1 aliphatic carbocycles. The van der Waals surface area contributed by atoms with Crippen molar-refractivity contribution in [2.24, 2.45) is 0 Å². The van der Waals surface area contributed by atoms with Crippen LogP contribution in [0.1, 0.15) is 29.2 Å². The van der Waals surface area contributed by atoms with Crippen molar-refractivity contribution in [3.05, 3.63) is 64.1 Å². The van der Waals surface area contributed by atoms with Gasteiger partial charge in [-0.15, -0.1) is 0 Å². The van der Waals surface area contributed by atoms with Gasteiger partial charge < -0.3 is 9.73 Å². The predicted molar refractivity (Wildman–Crippen MR) is 105 cm³/mol. The summed E-state index contributed by atoms with van der Waals surface area (Å²) in [5, 5.41) is 12.2. The minimum absolute atomic E-state index is 0.329. The Morgan fingerprint density at radius 2 is 2.19 bits per heavy atom. The summed E-state index contributed by atoms with van der Waals surface area (Å²) in [5.41, 5.74) is 7.06. The molecule has 2 aromatic heterocycles. The van der Waals surface area contributed by atoms with Crippen molar-refractivity contribution < 1.29 is 4.42 Å². The highest BCUT2D eigenvalue weighted by atomic mass is 79.9. The maximum Gasteiger partial charge on any atom is 0.181 e. The van der Waals surface area contributed by atoms with Crippen LogP contribution in [0.25, 0.3) is 22.4 Å². The first-order chi connectivity index (χ1) is 12.7. The number of hydrogen-bond donors (Lipinski definition) is 2. The van der Waals surface area contributed by atoms with Crippen molar-refractivity contribution in [2.45, 2.75) is 25.8 Å². The first kappa shape index (κ1) is 15.6. The molecule has 0 saturated heterocycles. The van der Waals surface area contributed by atoms with Crippen LogP contribution < -0.4 is 5.32 Å². The molecule has 5 rings (SSSR count). The Kier molecular flexibility index (Phi) is 3.60. The number of aromatic nitrogens is 3. The SMILES string of the molecule is Cc1c(Br)ccc2c1CCC2Nc1ccc2[nH]nc(-c3cnco3)c2c1. The zero-order valence-electron chi connectivity index (χ0n) is 14.2. The molecule has 2 N–H and O–H groups in total. The molecule has 0 fully saturated rings. The van der Waals surface area contributed by atoms with E-state index in [4.69, 9.17) is 4.42 Å². The molecular formula is C20H17BrN4O. The molecule has 6 heteroatoms. The highest BCUT2D eigenvalue weighted by Gasteiger charge is 2.24. The number of nitrogens with one attached hydrogen (secondary N) is 2. The third-order valence-electron chi connectivity index (χ3n) is 5.20. The number of fused-ring (bicyclic) bond motifs is 2. The van der Waals surface area contributed by atoms with Gasteiger partial charge in [0.05, 0.1) is 17.8 Å². The molecule has 4 aromatic rings. The van der Waals surface area contributed by atoms with E-state index in [-0.39, 0.29) is 0 Å². The van der Waals surface area contributed by atoms with E-state index in [1.54, 1.807) is 6.20 Å². The van der Waals surface area contributed by atoms with Gasteiger partial charge in [0, 0.05) is 15.5 Å². The molecule has 0 aliphatic heterocycles. The van der Waals surface area contributed by atoms with Gasteiger partial charge in [0.25, 0.3) is 0 Å². The minimum atomic E-state index is 0.329. The van der Waals surface area contributed by atoms with Crippen molar-refractivity contribution in [2.75, 3.05) is 5.32 Å². The number of oxazole rings is 1. The summed E-state index contributed by atoms with van der Waals surface area (Å²) in [4.78, 5) is 3.99. The number of anilines is 1. The topological polar surface area (TPSA) is 66.7 Å². The van der Waals surface area contributed by atoms with Crippen molar-refractivity contribution in [1.82, 2.24) is 15.2 Å². The van der Waals surface area contributed by atoms with E-state index in [0.29, 0.717) is 11.8 Å². The van der Waals surface area contributed by atoms with Crippen LogP contribution in [0.4, 0.5) is 5.69 Å². The van der Waals surface area contributed by atoms with Crippen LogP contribution in [0.3, 0.4) is 0 Å². The normalized spacial score (nSPS) is 16.2. The van der Waals surface area contributed by atoms with Gasteiger partial charge >= 0.3 is 0 Å². The molecule has 1 atom stereocenters. The van der Waals surface area contributed by atoms with E-state index < -0.39 is 0 Å². The van der Waals surface area contributed by atoms with Crippen LogP contribution in [0.2, 0.25) is 0 Å². The fourth-order valence-corrected chi connectivity index (χ4v) is 4.20. The number of nitrogens with zero attached hydrogens (tertiary/aromatic N) is 2. The van der Waals surface area contributed by atoms with Crippen LogP contribution in [0.5, 0.6) is 0 Å². The number of aromatic amines is 1. The summed E-state index contributed by atoms with van der Waals surface area (Å²) in [6, 6.07) is 11.0. The molecule has 0 amide bonds. The molecule has 0 bridgehead atoms. The number of hydrogen-bond acceptors (Lipinski definition) is 4. The number of benzene rings is 2. The molecule has 1 unspecified atom stereocenters. The average molecular weight is 409 g/mol. The van der Waals surface area contributed by atoms with Gasteiger partial charge in [0.1, 0.15) is 5.69 Å². The van der Waals surface area contributed by atoms with E-state index in [9.17, 15) is 0 Å². The Morgan fingerprint density at radius 1 is 1.27 bits per heavy atom. The second-order valence-electron chi connectivity index (χ2n) is 6.67. The maximum absolute atomic E-state index is 5.41. The molecule has 2 aromatic carbocycles. The second-order valence-corrected chi connectivity index (χ2v) is 7.53. The Morgan fingerprint density at radius 3 is 3.04 bits per heavy atom. The summed E-state index contributed by atoms with van der Waals surface area (Å²) in [5.74, 6) is 0.667. The lowest BCUT2D eigenvalue weighted by molar-refractivity contribution is 0.570. The standard InChI is InChI=1S/C20H17BrN4O/c1-11-13-4-7-17(14(13)3-5-16(11)21)23-12-2-6-18-15(8-12)20(25-24-18)19-9-22-10-26-19/h2-3,5-6,8-10,17,23H,4,7H2,1H3,(H,24,25). The highest BCUT2D eigenvalue weighted by Crippen LogP contribution is 2.38. The predicted octanol–water partition coefficient (Wildman–Crippen LogP) is 5.39. The summed E-state index contributed by atoms with van der Waals surface area (Å²) >= 11 is 3.64. The first-order valence-corrected chi connectivity index (χ1v) is 9.41. The van der Waals surface area contributed by atoms with Gasteiger partial charge in [-0.3, -0.25) is 5.10 Å².